The van der Waals surface area contributed by atoms with Gasteiger partial charge in [0.15, 0.2) is 0 Å². The van der Waals surface area contributed by atoms with E-state index in [-0.39, 0.29) is 5.82 Å². The summed E-state index contributed by atoms with van der Waals surface area (Å²) in [6.45, 7) is 1.82. The first-order chi connectivity index (χ1) is 11.4. The van der Waals surface area contributed by atoms with Crippen molar-refractivity contribution in [3.05, 3.63) is 71.9 Å². The number of halogens is 3. The van der Waals surface area contributed by atoms with E-state index in [1.807, 2.05) is 49.4 Å². The highest BCUT2D eigenvalue weighted by molar-refractivity contribution is 6.02. The number of hydrazone groups is 1. The van der Waals surface area contributed by atoms with Gasteiger partial charge in [-0.15, -0.1) is 0 Å². The first-order valence-electron chi connectivity index (χ1n) is 7.26. The number of nitrogens with one attached hydrogen (secondary N) is 1. The molecule has 0 saturated carbocycles. The highest BCUT2D eigenvalue weighted by atomic mass is 19.4. The van der Waals surface area contributed by atoms with Gasteiger partial charge in [-0.1, -0.05) is 36.4 Å². The third-order valence-electron chi connectivity index (χ3n) is 3.60. The van der Waals surface area contributed by atoms with E-state index in [1.165, 1.54) is 6.07 Å². The molecule has 122 valence electrons. The molecule has 1 heterocycles. The molecular formula is C18H14F3N3. The van der Waals surface area contributed by atoms with Crippen LogP contribution in [-0.2, 0) is 6.18 Å². The fraction of sp³-hybridized carbons (Fsp3) is 0.111. The fourth-order valence-corrected chi connectivity index (χ4v) is 2.25. The Morgan fingerprint density at radius 2 is 1.75 bits per heavy atom. The van der Waals surface area contributed by atoms with Gasteiger partial charge in [0.2, 0.25) is 0 Å². The smallest absolute Gasteiger partial charge is 0.261 e. The quantitative estimate of drug-likeness (QED) is 0.537. The maximum atomic E-state index is 12.5. The number of hydrogen-bond donors (Lipinski definition) is 1. The normalized spacial score (nSPS) is 12.4. The second kappa shape index (κ2) is 6.31. The Bertz CT molecular complexity index is 884. The summed E-state index contributed by atoms with van der Waals surface area (Å²) in [4.78, 5) is 3.72. The SMILES string of the molecule is C/C(=N\Nc1ccc(C(F)(F)F)cn1)c1ccc2ccccc2c1. The van der Waals surface area contributed by atoms with Gasteiger partial charge in [0.1, 0.15) is 5.82 Å². The molecule has 0 aliphatic rings. The molecule has 6 heteroatoms. The zero-order valence-electron chi connectivity index (χ0n) is 12.8. The Hall–Kier alpha value is -2.89. The zero-order chi connectivity index (χ0) is 17.2. The van der Waals surface area contributed by atoms with E-state index in [4.69, 9.17) is 0 Å². The molecule has 0 fully saturated rings. The molecule has 0 saturated heterocycles. The number of anilines is 1. The second-order valence-electron chi connectivity index (χ2n) is 5.30. The summed E-state index contributed by atoms with van der Waals surface area (Å²) >= 11 is 0. The van der Waals surface area contributed by atoms with Crippen molar-refractivity contribution in [1.82, 2.24) is 4.98 Å². The molecule has 3 aromatic rings. The molecular weight excluding hydrogens is 315 g/mol. The first-order valence-corrected chi connectivity index (χ1v) is 7.26. The van der Waals surface area contributed by atoms with Gasteiger partial charge in [-0.25, -0.2) is 4.98 Å². The van der Waals surface area contributed by atoms with E-state index >= 15 is 0 Å². The Morgan fingerprint density at radius 1 is 1.00 bits per heavy atom. The van der Waals surface area contributed by atoms with Gasteiger partial charge in [-0.05, 0) is 41.5 Å². The highest BCUT2D eigenvalue weighted by Gasteiger charge is 2.30. The summed E-state index contributed by atoms with van der Waals surface area (Å²) in [5.74, 6) is 0.253. The zero-order valence-corrected chi connectivity index (χ0v) is 12.8. The van der Waals surface area contributed by atoms with Crippen molar-refractivity contribution in [3.63, 3.8) is 0 Å². The summed E-state index contributed by atoms with van der Waals surface area (Å²) in [6, 6.07) is 16.1. The lowest BCUT2D eigenvalue weighted by atomic mass is 10.0. The molecule has 0 radical (unpaired) electrons. The van der Waals surface area contributed by atoms with Crippen LogP contribution in [0.5, 0.6) is 0 Å². The first kappa shape index (κ1) is 16.0. The number of hydrogen-bond acceptors (Lipinski definition) is 3. The van der Waals surface area contributed by atoms with Crippen LogP contribution in [0.4, 0.5) is 19.0 Å². The topological polar surface area (TPSA) is 37.3 Å². The van der Waals surface area contributed by atoms with E-state index < -0.39 is 11.7 Å². The van der Waals surface area contributed by atoms with E-state index in [1.54, 1.807) is 0 Å². The van der Waals surface area contributed by atoms with Crippen molar-refractivity contribution in [1.29, 1.82) is 0 Å². The molecule has 1 N–H and O–H groups in total. The van der Waals surface area contributed by atoms with Gasteiger partial charge < -0.3 is 0 Å². The molecule has 0 bridgehead atoms. The van der Waals surface area contributed by atoms with Crippen molar-refractivity contribution in [2.75, 3.05) is 5.43 Å². The van der Waals surface area contributed by atoms with Crippen LogP contribution in [0, 0.1) is 0 Å². The molecule has 0 aliphatic heterocycles. The van der Waals surface area contributed by atoms with Crippen LogP contribution in [0.25, 0.3) is 10.8 Å². The third kappa shape index (κ3) is 3.53. The number of pyridine rings is 1. The minimum absolute atomic E-state index is 0.253. The van der Waals surface area contributed by atoms with Gasteiger partial charge in [0.05, 0.1) is 11.3 Å². The summed E-state index contributed by atoms with van der Waals surface area (Å²) in [5, 5.41) is 6.41. The molecule has 0 atom stereocenters. The lowest BCUT2D eigenvalue weighted by Crippen LogP contribution is -2.06. The van der Waals surface area contributed by atoms with E-state index in [0.29, 0.717) is 5.71 Å². The molecule has 3 nitrogen and oxygen atoms in total. The van der Waals surface area contributed by atoms with Crippen LogP contribution in [0.2, 0.25) is 0 Å². The van der Waals surface area contributed by atoms with Crippen molar-refractivity contribution in [3.8, 4) is 0 Å². The number of alkyl halides is 3. The van der Waals surface area contributed by atoms with Crippen LogP contribution in [0.3, 0.4) is 0 Å². The number of benzene rings is 2. The average molecular weight is 329 g/mol. The molecule has 0 spiro atoms. The minimum atomic E-state index is -4.39. The monoisotopic (exact) mass is 329 g/mol. The second-order valence-corrected chi connectivity index (χ2v) is 5.30. The predicted octanol–water partition coefficient (Wildman–Crippen LogP) is 5.09. The average Bonchev–Trinajstić information content (AvgIpc) is 2.59. The van der Waals surface area contributed by atoms with Crippen molar-refractivity contribution in [2.24, 2.45) is 5.10 Å². The largest absolute Gasteiger partial charge is 0.417 e. The van der Waals surface area contributed by atoms with E-state index in [2.05, 4.69) is 15.5 Å². The summed E-state index contributed by atoms with van der Waals surface area (Å²) in [7, 11) is 0. The van der Waals surface area contributed by atoms with Gasteiger partial charge in [0, 0.05) is 6.20 Å². The van der Waals surface area contributed by atoms with Crippen LogP contribution in [0.15, 0.2) is 65.9 Å². The maximum absolute atomic E-state index is 12.5. The van der Waals surface area contributed by atoms with Crippen LogP contribution in [0.1, 0.15) is 18.1 Å². The number of rotatable bonds is 3. The molecule has 0 aliphatic carbocycles. The minimum Gasteiger partial charge on any atom is -0.261 e. The molecule has 2 aromatic carbocycles. The lowest BCUT2D eigenvalue weighted by Gasteiger charge is -2.07. The number of aromatic nitrogens is 1. The third-order valence-corrected chi connectivity index (χ3v) is 3.60. The number of fused-ring (bicyclic) bond motifs is 1. The Balaban J connectivity index is 1.77. The Labute approximate surface area is 136 Å². The summed E-state index contributed by atoms with van der Waals surface area (Å²) in [6.07, 6.45) is -3.61. The van der Waals surface area contributed by atoms with Crippen LogP contribution in [-0.4, -0.2) is 10.7 Å². The van der Waals surface area contributed by atoms with Gasteiger partial charge >= 0.3 is 6.18 Å². The molecule has 1 aromatic heterocycles. The van der Waals surface area contributed by atoms with Crippen molar-refractivity contribution < 1.29 is 13.2 Å². The van der Waals surface area contributed by atoms with Gasteiger partial charge in [0.25, 0.3) is 0 Å². The summed E-state index contributed by atoms with van der Waals surface area (Å²) in [5.41, 5.74) is 3.53. The summed E-state index contributed by atoms with van der Waals surface area (Å²) < 4.78 is 37.5. The van der Waals surface area contributed by atoms with Crippen LogP contribution >= 0.6 is 0 Å². The molecule has 0 amide bonds. The highest BCUT2D eigenvalue weighted by Crippen LogP contribution is 2.28. The van der Waals surface area contributed by atoms with Crippen molar-refractivity contribution >= 4 is 22.3 Å². The van der Waals surface area contributed by atoms with Gasteiger partial charge in [-0.3, -0.25) is 5.43 Å². The van der Waals surface area contributed by atoms with Crippen LogP contribution < -0.4 is 5.43 Å². The Morgan fingerprint density at radius 3 is 2.42 bits per heavy atom. The molecule has 0 unspecified atom stereocenters. The fourth-order valence-electron chi connectivity index (χ4n) is 2.25. The molecule has 24 heavy (non-hydrogen) atoms. The molecule has 3 rings (SSSR count). The van der Waals surface area contributed by atoms with E-state index in [0.717, 1.165) is 28.6 Å². The Kier molecular flexibility index (Phi) is 4.20. The standard InChI is InChI=1S/C18H14F3N3/c1-12(14-7-6-13-4-2-3-5-15(13)10-14)23-24-17-9-8-16(11-22-17)18(19,20)21/h2-11H,1H3,(H,22,24)/b23-12+. The van der Waals surface area contributed by atoms with E-state index in [9.17, 15) is 13.2 Å². The maximum Gasteiger partial charge on any atom is 0.417 e. The van der Waals surface area contributed by atoms with Crippen molar-refractivity contribution in [2.45, 2.75) is 13.1 Å². The predicted molar refractivity (Wildman–Crippen MR) is 89.0 cm³/mol. The number of nitrogens with zero attached hydrogens (tertiary/aromatic N) is 2. The van der Waals surface area contributed by atoms with Gasteiger partial charge in [-0.2, -0.15) is 18.3 Å². The lowest BCUT2D eigenvalue weighted by molar-refractivity contribution is -0.137.